The topological polar surface area (TPSA) is 25.0 Å². The quantitative estimate of drug-likeness (QED) is 0.496. The van der Waals surface area contributed by atoms with Crippen molar-refractivity contribution in [2.24, 2.45) is 0 Å². The van der Waals surface area contributed by atoms with Crippen LogP contribution in [0.25, 0.3) is 0 Å². The molecule has 0 bridgehead atoms. The van der Waals surface area contributed by atoms with E-state index >= 15 is 0 Å². The lowest BCUT2D eigenvalue weighted by atomic mass is 9.76. The van der Waals surface area contributed by atoms with Crippen LogP contribution >= 0.6 is 0 Å². The van der Waals surface area contributed by atoms with E-state index in [-0.39, 0.29) is 5.60 Å². The van der Waals surface area contributed by atoms with Crippen molar-refractivity contribution >= 4 is 0 Å². The van der Waals surface area contributed by atoms with Crippen LogP contribution < -0.4 is 4.74 Å². The van der Waals surface area contributed by atoms with Crippen LogP contribution in [0.3, 0.4) is 0 Å². The Labute approximate surface area is 173 Å². The molecule has 1 saturated heterocycles. The Balaban J connectivity index is 1.70. The number of hydrogen-bond acceptors (Lipinski definition) is 3. The summed E-state index contributed by atoms with van der Waals surface area (Å²) in [6, 6.07) is 29.6. The number of benzene rings is 3. The van der Waals surface area contributed by atoms with E-state index in [1.807, 2.05) is 0 Å². The zero-order valence-corrected chi connectivity index (χ0v) is 17.5. The smallest absolute Gasteiger partial charge is 0.153 e. The fourth-order valence-electron chi connectivity index (χ4n) is 4.29. The number of likely N-dealkylation sites (N-methyl/N-ethyl adjacent to an activating group) is 1. The summed E-state index contributed by atoms with van der Waals surface area (Å²) in [5.74, 6) is 0.890. The van der Waals surface area contributed by atoms with Crippen LogP contribution in [0, 0.1) is 0 Å². The van der Waals surface area contributed by atoms with Gasteiger partial charge >= 0.3 is 0 Å². The molecule has 0 aromatic heterocycles. The van der Waals surface area contributed by atoms with Gasteiger partial charge in [0.15, 0.2) is 5.60 Å². The molecule has 0 amide bonds. The van der Waals surface area contributed by atoms with Gasteiger partial charge in [-0.2, -0.15) is 0 Å². The minimum Gasteiger partial charge on any atom is -0.492 e. The number of hydrogen-bond donors (Lipinski definition) is 0. The second kappa shape index (κ2) is 8.02. The predicted octanol–water partition coefficient (Wildman–Crippen LogP) is 5.21. The van der Waals surface area contributed by atoms with Crippen molar-refractivity contribution < 1.29 is 9.47 Å². The Morgan fingerprint density at radius 1 is 0.759 bits per heavy atom. The van der Waals surface area contributed by atoms with Crippen molar-refractivity contribution in [3.63, 3.8) is 0 Å². The van der Waals surface area contributed by atoms with Gasteiger partial charge in [-0.15, -0.1) is 0 Å². The van der Waals surface area contributed by atoms with Gasteiger partial charge in [-0.05, 0) is 49.3 Å². The Morgan fingerprint density at radius 2 is 1.31 bits per heavy atom. The van der Waals surface area contributed by atoms with Gasteiger partial charge in [0, 0.05) is 6.54 Å². The maximum Gasteiger partial charge on any atom is 0.153 e. The summed E-state index contributed by atoms with van der Waals surface area (Å²) in [5, 5.41) is 0. The average Bonchev–Trinajstić information content (AvgIpc) is 3.47. The second-order valence-electron chi connectivity index (χ2n) is 7.87. The van der Waals surface area contributed by atoms with Crippen LogP contribution in [0.15, 0.2) is 84.9 Å². The third-order valence-electron chi connectivity index (χ3n) is 5.84. The maximum absolute atomic E-state index is 6.70. The number of rotatable bonds is 8. The van der Waals surface area contributed by atoms with Crippen LogP contribution in [-0.4, -0.2) is 32.1 Å². The molecule has 150 valence electrons. The van der Waals surface area contributed by atoms with Crippen molar-refractivity contribution in [2.45, 2.75) is 24.5 Å². The van der Waals surface area contributed by atoms with Crippen molar-refractivity contribution in [1.29, 1.82) is 0 Å². The van der Waals surface area contributed by atoms with Gasteiger partial charge in [-0.25, -0.2) is 0 Å². The van der Waals surface area contributed by atoms with Gasteiger partial charge in [-0.3, -0.25) is 0 Å². The number of ether oxygens (including phenoxy) is 2. The SMILES string of the molecule is CC[C@@]1(c2ccccc2)O[C@]1(c1ccccc1)c1ccc(OCCN(C)C)cc1. The van der Waals surface area contributed by atoms with Crippen molar-refractivity contribution in [3.05, 3.63) is 102 Å². The van der Waals surface area contributed by atoms with Crippen LogP contribution in [0.2, 0.25) is 0 Å². The lowest BCUT2D eigenvalue weighted by Gasteiger charge is -2.21. The molecule has 3 heteroatoms. The van der Waals surface area contributed by atoms with E-state index in [1.54, 1.807) is 0 Å². The largest absolute Gasteiger partial charge is 0.492 e. The molecule has 0 spiro atoms. The first-order valence-corrected chi connectivity index (χ1v) is 10.3. The Morgan fingerprint density at radius 3 is 1.86 bits per heavy atom. The Kier molecular flexibility index (Phi) is 5.44. The van der Waals surface area contributed by atoms with E-state index in [2.05, 4.69) is 111 Å². The number of epoxide rings is 1. The highest BCUT2D eigenvalue weighted by atomic mass is 16.6. The molecule has 3 nitrogen and oxygen atoms in total. The highest BCUT2D eigenvalue weighted by Crippen LogP contribution is 2.67. The normalized spacial score (nSPS) is 23.2. The van der Waals surface area contributed by atoms with Crippen molar-refractivity contribution in [3.8, 4) is 5.75 Å². The summed E-state index contributed by atoms with van der Waals surface area (Å²) >= 11 is 0. The molecule has 0 aliphatic carbocycles. The molecule has 3 aromatic carbocycles. The van der Waals surface area contributed by atoms with E-state index in [9.17, 15) is 0 Å². The fraction of sp³-hybridized carbons (Fsp3) is 0.308. The van der Waals surface area contributed by atoms with E-state index in [1.165, 1.54) is 11.1 Å². The molecule has 0 radical (unpaired) electrons. The molecule has 0 N–H and O–H groups in total. The van der Waals surface area contributed by atoms with Gasteiger partial charge in [-0.1, -0.05) is 79.7 Å². The van der Waals surface area contributed by atoms with Crippen LogP contribution in [0.4, 0.5) is 0 Å². The molecule has 1 aliphatic heterocycles. The first-order valence-electron chi connectivity index (χ1n) is 10.3. The summed E-state index contributed by atoms with van der Waals surface area (Å²) in [5.41, 5.74) is 2.73. The minimum absolute atomic E-state index is 0.358. The van der Waals surface area contributed by atoms with Crippen LogP contribution in [-0.2, 0) is 15.9 Å². The molecule has 3 aromatic rings. The fourth-order valence-corrected chi connectivity index (χ4v) is 4.29. The predicted molar refractivity (Wildman–Crippen MR) is 117 cm³/mol. The molecule has 29 heavy (non-hydrogen) atoms. The summed E-state index contributed by atoms with van der Waals surface area (Å²) in [6.07, 6.45) is 0.896. The van der Waals surface area contributed by atoms with Gasteiger partial charge in [0.25, 0.3) is 0 Å². The maximum atomic E-state index is 6.70. The first kappa shape index (κ1) is 19.7. The zero-order valence-electron chi connectivity index (χ0n) is 17.5. The number of nitrogens with zero attached hydrogens (tertiary/aromatic N) is 1. The average molecular weight is 388 g/mol. The highest BCUT2D eigenvalue weighted by molar-refractivity contribution is 5.51. The third-order valence-corrected chi connectivity index (χ3v) is 5.84. The Hall–Kier alpha value is -2.62. The molecular formula is C26H29NO2. The van der Waals surface area contributed by atoms with Gasteiger partial charge in [0.05, 0.1) is 0 Å². The minimum atomic E-state index is -0.480. The van der Waals surface area contributed by atoms with E-state index < -0.39 is 5.60 Å². The lowest BCUT2D eigenvalue weighted by Crippen LogP contribution is -2.23. The summed E-state index contributed by atoms with van der Waals surface area (Å²) in [4.78, 5) is 2.12. The molecule has 2 atom stereocenters. The van der Waals surface area contributed by atoms with Crippen LogP contribution in [0.1, 0.15) is 30.0 Å². The molecule has 1 heterocycles. The summed E-state index contributed by atoms with van der Waals surface area (Å²) < 4.78 is 12.6. The molecule has 4 rings (SSSR count). The highest BCUT2D eigenvalue weighted by Gasteiger charge is 2.71. The first-order chi connectivity index (χ1) is 14.1. The molecular weight excluding hydrogens is 358 g/mol. The van der Waals surface area contributed by atoms with Crippen molar-refractivity contribution in [2.75, 3.05) is 27.2 Å². The summed E-state index contributed by atoms with van der Waals surface area (Å²) in [6.45, 7) is 3.78. The summed E-state index contributed by atoms with van der Waals surface area (Å²) in [7, 11) is 4.10. The zero-order chi connectivity index (χ0) is 20.3. The third kappa shape index (κ3) is 3.45. The lowest BCUT2D eigenvalue weighted by molar-refractivity contribution is 0.261. The second-order valence-corrected chi connectivity index (χ2v) is 7.87. The molecule has 1 fully saturated rings. The van der Waals surface area contributed by atoms with Gasteiger partial charge < -0.3 is 14.4 Å². The molecule has 1 aliphatic rings. The van der Waals surface area contributed by atoms with E-state index in [4.69, 9.17) is 9.47 Å². The van der Waals surface area contributed by atoms with Crippen molar-refractivity contribution in [1.82, 2.24) is 4.90 Å². The molecule has 0 unspecified atom stereocenters. The monoisotopic (exact) mass is 387 g/mol. The standard InChI is InChI=1S/C26H29NO2/c1-4-25(21-11-7-5-8-12-21)26(29-25,22-13-9-6-10-14-22)23-15-17-24(18-16-23)28-20-19-27(2)3/h5-18H,4,19-20H2,1-3H3/t25-,26+/m0/s1. The Bertz CT molecular complexity index is 924. The van der Waals surface area contributed by atoms with E-state index in [0.717, 1.165) is 24.3 Å². The van der Waals surface area contributed by atoms with Crippen LogP contribution in [0.5, 0.6) is 5.75 Å². The molecule has 0 saturated carbocycles. The van der Waals surface area contributed by atoms with E-state index in [0.29, 0.717) is 6.61 Å². The van der Waals surface area contributed by atoms with Gasteiger partial charge in [0.2, 0.25) is 0 Å². The van der Waals surface area contributed by atoms with Gasteiger partial charge in [0.1, 0.15) is 18.0 Å².